The van der Waals surface area contributed by atoms with Crippen LogP contribution < -0.4 is 0 Å². The Morgan fingerprint density at radius 2 is 1.45 bits per heavy atom. The fourth-order valence-corrected chi connectivity index (χ4v) is 2.91. The molecule has 0 aromatic heterocycles. The third kappa shape index (κ3) is 6.87. The van der Waals surface area contributed by atoms with Crippen molar-refractivity contribution in [3.63, 3.8) is 0 Å². The Labute approximate surface area is 134 Å². The molecule has 0 N–H and O–H groups in total. The zero-order valence-corrected chi connectivity index (χ0v) is 14.2. The van der Waals surface area contributed by atoms with Crippen LogP contribution in [0.3, 0.4) is 0 Å². The van der Waals surface area contributed by atoms with Crippen LogP contribution in [-0.4, -0.2) is 17.8 Å². The van der Waals surface area contributed by atoms with Gasteiger partial charge in [-0.2, -0.15) is 0 Å². The lowest BCUT2D eigenvalue weighted by Crippen LogP contribution is -2.17. The first kappa shape index (κ1) is 20.3. The summed E-state index contributed by atoms with van der Waals surface area (Å²) in [5, 5.41) is 0. The summed E-state index contributed by atoms with van der Waals surface area (Å²) in [6.07, 6.45) is 10.5. The van der Waals surface area contributed by atoms with E-state index in [-0.39, 0.29) is 11.1 Å². The summed E-state index contributed by atoms with van der Waals surface area (Å²) >= 11 is 0. The molecule has 122 valence electrons. The SMILES string of the molecule is CCC(CC)(CC)CCCCCCC(=C=O)C(=C=O)C=C=O. The molecular weight excluding hydrogens is 276 g/mol. The monoisotopic (exact) mass is 304 g/mol. The molecule has 0 fully saturated rings. The van der Waals surface area contributed by atoms with Crippen LogP contribution in [-0.2, 0) is 14.4 Å². The van der Waals surface area contributed by atoms with Crippen LogP contribution in [0.5, 0.6) is 0 Å². The molecule has 0 saturated heterocycles. The molecule has 0 aliphatic carbocycles. The molecule has 0 atom stereocenters. The Hall–Kier alpha value is -1.65. The maximum Gasteiger partial charge on any atom is 0.134 e. The van der Waals surface area contributed by atoms with Crippen molar-refractivity contribution in [3.8, 4) is 0 Å². The van der Waals surface area contributed by atoms with Crippen molar-refractivity contribution in [2.24, 2.45) is 5.41 Å². The van der Waals surface area contributed by atoms with E-state index in [0.717, 1.165) is 25.3 Å². The highest BCUT2D eigenvalue weighted by Crippen LogP contribution is 2.36. The third-order valence-corrected chi connectivity index (χ3v) is 4.90. The largest absolute Gasteiger partial charge is 0.233 e. The predicted molar refractivity (Wildman–Crippen MR) is 89.7 cm³/mol. The average Bonchev–Trinajstić information content (AvgIpc) is 2.56. The molecule has 0 saturated carbocycles. The number of unbranched alkanes of at least 4 members (excludes halogenated alkanes) is 3. The Morgan fingerprint density at radius 3 is 1.91 bits per heavy atom. The normalized spacial score (nSPS) is 10.3. The number of rotatable bonds is 12. The van der Waals surface area contributed by atoms with Crippen molar-refractivity contribution < 1.29 is 14.4 Å². The molecule has 0 bridgehead atoms. The number of carbonyl (C=O) groups excluding carboxylic acids is 3. The van der Waals surface area contributed by atoms with E-state index < -0.39 is 0 Å². The lowest BCUT2D eigenvalue weighted by molar-refractivity contribution is 0.220. The van der Waals surface area contributed by atoms with Crippen LogP contribution in [0.15, 0.2) is 17.2 Å². The average molecular weight is 304 g/mol. The van der Waals surface area contributed by atoms with Crippen LogP contribution in [0.2, 0.25) is 0 Å². The van der Waals surface area contributed by atoms with Gasteiger partial charge in [0.25, 0.3) is 0 Å². The minimum absolute atomic E-state index is 0.0213. The molecular formula is C19H28O3. The van der Waals surface area contributed by atoms with Gasteiger partial charge >= 0.3 is 0 Å². The standard InChI is InChI=1S/C19H28O3/c1-4-19(5-2,6-3)13-10-8-7-9-11-17(15-21)18(16-22)12-14-20/h12H,4-11,13H2,1-3H3. The van der Waals surface area contributed by atoms with Gasteiger partial charge in [-0.05, 0) is 24.7 Å². The Balaban J connectivity index is 4.16. The van der Waals surface area contributed by atoms with E-state index in [1.807, 2.05) is 0 Å². The van der Waals surface area contributed by atoms with Gasteiger partial charge in [0.1, 0.15) is 17.8 Å². The van der Waals surface area contributed by atoms with Crippen LogP contribution >= 0.6 is 0 Å². The zero-order chi connectivity index (χ0) is 16.8. The van der Waals surface area contributed by atoms with Gasteiger partial charge in [-0.3, -0.25) is 0 Å². The fraction of sp³-hybridized carbons (Fsp3) is 0.684. The van der Waals surface area contributed by atoms with Crippen LogP contribution in [0.1, 0.15) is 78.6 Å². The molecule has 0 radical (unpaired) electrons. The molecule has 0 aromatic carbocycles. The molecule has 0 amide bonds. The lowest BCUT2D eigenvalue weighted by Gasteiger charge is -2.30. The second-order valence-electron chi connectivity index (χ2n) is 5.83. The van der Waals surface area contributed by atoms with E-state index >= 15 is 0 Å². The van der Waals surface area contributed by atoms with Crippen LogP contribution in [0.4, 0.5) is 0 Å². The first-order valence-electron chi connectivity index (χ1n) is 8.33. The molecule has 0 spiro atoms. The highest BCUT2D eigenvalue weighted by atomic mass is 16.1. The summed E-state index contributed by atoms with van der Waals surface area (Å²) in [4.78, 5) is 31.8. The quantitative estimate of drug-likeness (QED) is 0.304. The summed E-state index contributed by atoms with van der Waals surface area (Å²) in [6, 6.07) is 0. The summed E-state index contributed by atoms with van der Waals surface area (Å²) in [5.41, 5.74) is 0.686. The number of allylic oxidation sites excluding steroid dienone is 3. The maximum absolute atomic E-state index is 10.8. The topological polar surface area (TPSA) is 51.2 Å². The molecule has 3 nitrogen and oxygen atoms in total. The second-order valence-corrected chi connectivity index (χ2v) is 5.83. The highest BCUT2D eigenvalue weighted by Gasteiger charge is 2.22. The minimum Gasteiger partial charge on any atom is -0.233 e. The predicted octanol–water partition coefficient (Wildman–Crippen LogP) is 4.45. The summed E-state index contributed by atoms with van der Waals surface area (Å²) in [6.45, 7) is 6.80. The first-order chi connectivity index (χ1) is 10.6. The number of hydrogen-bond acceptors (Lipinski definition) is 3. The van der Waals surface area contributed by atoms with E-state index in [1.165, 1.54) is 38.0 Å². The molecule has 3 heteroatoms. The van der Waals surface area contributed by atoms with Crippen molar-refractivity contribution in [1.29, 1.82) is 0 Å². The summed E-state index contributed by atoms with van der Waals surface area (Å²) in [7, 11) is 0. The maximum atomic E-state index is 10.8. The van der Waals surface area contributed by atoms with E-state index in [9.17, 15) is 14.4 Å². The van der Waals surface area contributed by atoms with Gasteiger partial charge in [-0.25, -0.2) is 14.4 Å². The highest BCUT2D eigenvalue weighted by molar-refractivity contribution is 5.78. The van der Waals surface area contributed by atoms with Gasteiger partial charge in [0.15, 0.2) is 0 Å². The van der Waals surface area contributed by atoms with Gasteiger partial charge < -0.3 is 0 Å². The van der Waals surface area contributed by atoms with E-state index in [4.69, 9.17) is 0 Å². The van der Waals surface area contributed by atoms with Gasteiger partial charge in [0.2, 0.25) is 0 Å². The van der Waals surface area contributed by atoms with Crippen molar-refractivity contribution >= 4 is 17.8 Å². The van der Waals surface area contributed by atoms with E-state index in [0.29, 0.717) is 11.8 Å². The molecule has 22 heavy (non-hydrogen) atoms. The van der Waals surface area contributed by atoms with Crippen LogP contribution in [0, 0.1) is 5.41 Å². The molecule has 0 rings (SSSR count). The Morgan fingerprint density at radius 1 is 0.864 bits per heavy atom. The van der Waals surface area contributed by atoms with Gasteiger partial charge in [-0.15, -0.1) is 0 Å². The summed E-state index contributed by atoms with van der Waals surface area (Å²) in [5.74, 6) is 4.84. The van der Waals surface area contributed by atoms with Gasteiger partial charge in [0, 0.05) is 6.08 Å². The number of hydrogen-bond donors (Lipinski definition) is 0. The molecule has 0 aliphatic heterocycles. The zero-order valence-electron chi connectivity index (χ0n) is 14.2. The summed E-state index contributed by atoms with van der Waals surface area (Å²) < 4.78 is 0. The van der Waals surface area contributed by atoms with Crippen molar-refractivity contribution in [2.45, 2.75) is 78.6 Å². The van der Waals surface area contributed by atoms with E-state index in [1.54, 1.807) is 11.9 Å². The lowest BCUT2D eigenvalue weighted by atomic mass is 9.75. The Bertz CT molecular complexity index is 459. The molecule has 0 unspecified atom stereocenters. The molecule has 0 aromatic rings. The van der Waals surface area contributed by atoms with E-state index in [2.05, 4.69) is 20.8 Å². The van der Waals surface area contributed by atoms with Gasteiger partial charge in [0.05, 0.1) is 11.1 Å². The first-order valence-corrected chi connectivity index (χ1v) is 8.33. The second kappa shape index (κ2) is 12.0. The van der Waals surface area contributed by atoms with Gasteiger partial charge in [-0.1, -0.05) is 59.3 Å². The molecule has 0 aliphatic rings. The third-order valence-electron chi connectivity index (χ3n) is 4.90. The smallest absolute Gasteiger partial charge is 0.134 e. The van der Waals surface area contributed by atoms with Crippen molar-refractivity contribution in [2.75, 3.05) is 0 Å². The van der Waals surface area contributed by atoms with Crippen molar-refractivity contribution in [1.82, 2.24) is 0 Å². The van der Waals surface area contributed by atoms with Crippen LogP contribution in [0.25, 0.3) is 0 Å². The van der Waals surface area contributed by atoms with Crippen molar-refractivity contribution in [3.05, 3.63) is 17.2 Å². The fourth-order valence-electron chi connectivity index (χ4n) is 2.91. The molecule has 0 heterocycles. The minimum atomic E-state index is -0.0213. The Kier molecular flexibility index (Phi) is 11.1.